The van der Waals surface area contributed by atoms with Gasteiger partial charge in [0.05, 0.1) is 31.6 Å². The van der Waals surface area contributed by atoms with Crippen LogP contribution >= 0.6 is 11.3 Å². The molecule has 1 heterocycles. The van der Waals surface area contributed by atoms with Gasteiger partial charge in [-0.05, 0) is 112 Å². The zero-order valence-electron chi connectivity index (χ0n) is 30.9. The molecule has 2 saturated carbocycles. The number of nitrogens with one attached hydrogen (secondary N) is 2. The van der Waals surface area contributed by atoms with Gasteiger partial charge in [0.15, 0.2) is 5.13 Å². The van der Waals surface area contributed by atoms with Gasteiger partial charge in [-0.2, -0.15) is 8.42 Å². The summed E-state index contributed by atoms with van der Waals surface area (Å²) in [4.78, 5) is 25.2. The number of aryl methyl sites for hydroxylation is 2. The van der Waals surface area contributed by atoms with Gasteiger partial charge in [-0.25, -0.2) is 4.98 Å². The van der Waals surface area contributed by atoms with E-state index in [2.05, 4.69) is 70.0 Å². The topological polar surface area (TPSA) is 111 Å². The summed E-state index contributed by atoms with van der Waals surface area (Å²) in [6.07, 6.45) is 8.92. The van der Waals surface area contributed by atoms with Crippen molar-refractivity contribution in [2.75, 3.05) is 38.3 Å². The van der Waals surface area contributed by atoms with Gasteiger partial charge in [-0.3, -0.25) is 4.79 Å². The lowest BCUT2D eigenvalue weighted by molar-refractivity contribution is -0.894. The van der Waals surface area contributed by atoms with E-state index < -0.39 is 10.1 Å². The average Bonchev–Trinajstić information content (AvgIpc) is 3.54. The molecular weight excluding hydrogens is 645 g/mol. The van der Waals surface area contributed by atoms with Crippen molar-refractivity contribution in [1.82, 2.24) is 4.98 Å². The summed E-state index contributed by atoms with van der Waals surface area (Å²) >= 11 is 1.49. The molecule has 5 rings (SSSR count). The molecule has 0 saturated heterocycles. The minimum absolute atomic E-state index is 0.00718. The molecule has 5 atom stereocenters. The Morgan fingerprint density at radius 2 is 1.85 bits per heavy atom. The number of fused-ring (bicyclic) bond motifs is 5. The molecule has 2 N–H and O–H groups in total. The number of quaternary nitrogens is 1. The van der Waals surface area contributed by atoms with E-state index in [4.69, 9.17) is 9.02 Å². The van der Waals surface area contributed by atoms with E-state index in [1.54, 1.807) is 18.2 Å². The maximum absolute atomic E-state index is 12.9. The molecule has 0 bridgehead atoms. The van der Waals surface area contributed by atoms with Crippen molar-refractivity contribution in [3.05, 3.63) is 39.9 Å². The molecule has 1 aromatic heterocycles. The second kappa shape index (κ2) is 15.6. The second-order valence-electron chi connectivity index (χ2n) is 15.2. The van der Waals surface area contributed by atoms with Gasteiger partial charge in [0, 0.05) is 28.5 Å². The Bertz CT molecular complexity index is 1550. The Labute approximate surface area is 293 Å². The fourth-order valence-corrected chi connectivity index (χ4v) is 9.82. The molecule has 9 nitrogen and oxygen atoms in total. The monoisotopic (exact) mass is 703 g/mol. The summed E-state index contributed by atoms with van der Waals surface area (Å²) in [5, 5.41) is 8.16. The van der Waals surface area contributed by atoms with Crippen molar-refractivity contribution in [3.8, 4) is 5.75 Å². The molecule has 0 spiro atoms. The Morgan fingerprint density at radius 1 is 1.17 bits per heavy atom. The first-order valence-corrected chi connectivity index (χ1v) is 20.4. The van der Waals surface area contributed by atoms with Crippen LogP contribution in [0.4, 0.5) is 5.13 Å². The van der Waals surface area contributed by atoms with Crippen LogP contribution in [0, 0.1) is 30.1 Å². The van der Waals surface area contributed by atoms with E-state index in [1.807, 2.05) is 13.0 Å². The number of benzene rings is 1. The van der Waals surface area contributed by atoms with Crippen molar-refractivity contribution in [2.24, 2.45) is 28.3 Å². The van der Waals surface area contributed by atoms with Crippen LogP contribution in [0.3, 0.4) is 0 Å². The summed E-state index contributed by atoms with van der Waals surface area (Å²) in [6.45, 7) is 21.1. The van der Waals surface area contributed by atoms with E-state index in [1.165, 1.54) is 42.1 Å². The van der Waals surface area contributed by atoms with E-state index >= 15 is 0 Å². The number of carbonyl (C=O) groups excluding carboxylic acids is 1. The molecule has 3 aliphatic rings. The third kappa shape index (κ3) is 8.80. The van der Waals surface area contributed by atoms with Crippen molar-refractivity contribution in [2.45, 2.75) is 112 Å². The quantitative estimate of drug-likeness (QED) is 0.215. The Hall–Kier alpha value is -2.50. The first kappa shape index (κ1) is 38.3. The van der Waals surface area contributed by atoms with Crippen LogP contribution in [0.2, 0.25) is 0 Å². The SMILES string of the molecule is CC[NH+](CC)CC.CO/N=C1\C[C@@H](CCC(=O)Nc2ncc(C)s2)C2C3CCc4cc(OS(C)(=O)=O)c(C(C)(C)C)cc4C3CC[C@]12C. The molecule has 2 fully saturated rings. The van der Waals surface area contributed by atoms with Gasteiger partial charge in [0.25, 0.3) is 0 Å². The maximum Gasteiger partial charge on any atom is 0.306 e. The first-order valence-electron chi connectivity index (χ1n) is 17.8. The van der Waals surface area contributed by atoms with Crippen LogP contribution in [-0.4, -0.2) is 58.0 Å². The molecule has 1 amide bonds. The van der Waals surface area contributed by atoms with Gasteiger partial charge in [-0.15, -0.1) is 11.3 Å². The fraction of sp³-hybridized carbons (Fsp3) is 0.703. The molecule has 268 valence electrons. The second-order valence-corrected chi connectivity index (χ2v) is 18.0. The number of aromatic nitrogens is 1. The first-order chi connectivity index (χ1) is 22.5. The van der Waals surface area contributed by atoms with E-state index in [0.29, 0.717) is 41.0 Å². The smallest absolute Gasteiger partial charge is 0.306 e. The number of oxime groups is 1. The molecule has 1 aromatic carbocycles. The highest BCUT2D eigenvalue weighted by Crippen LogP contribution is 2.63. The Kier molecular flexibility index (Phi) is 12.4. The molecule has 3 unspecified atom stereocenters. The summed E-state index contributed by atoms with van der Waals surface area (Å²) in [6, 6.07) is 4.21. The molecular formula is C37H59N4O5S2+. The van der Waals surface area contributed by atoms with Gasteiger partial charge < -0.3 is 19.2 Å². The highest BCUT2D eigenvalue weighted by molar-refractivity contribution is 7.86. The molecule has 11 heteroatoms. The van der Waals surface area contributed by atoms with Gasteiger partial charge in [-0.1, -0.05) is 38.9 Å². The van der Waals surface area contributed by atoms with E-state index in [9.17, 15) is 13.2 Å². The van der Waals surface area contributed by atoms with Crippen LogP contribution in [-0.2, 0) is 31.6 Å². The molecule has 0 aliphatic heterocycles. The summed E-state index contributed by atoms with van der Waals surface area (Å²) in [7, 11) is -2.02. The van der Waals surface area contributed by atoms with Crippen LogP contribution < -0.4 is 14.4 Å². The zero-order valence-corrected chi connectivity index (χ0v) is 32.5. The van der Waals surface area contributed by atoms with Crippen LogP contribution in [0.1, 0.15) is 114 Å². The number of amides is 1. The molecule has 48 heavy (non-hydrogen) atoms. The van der Waals surface area contributed by atoms with Gasteiger partial charge >= 0.3 is 10.1 Å². The fourth-order valence-electron chi connectivity index (χ4n) is 8.68. The lowest BCUT2D eigenvalue weighted by atomic mass is 9.53. The van der Waals surface area contributed by atoms with Crippen molar-refractivity contribution in [3.63, 3.8) is 0 Å². The number of thiazole rings is 1. The molecule has 2 aromatic rings. The van der Waals surface area contributed by atoms with E-state index in [-0.39, 0.29) is 16.7 Å². The number of hydrogen-bond donors (Lipinski definition) is 2. The summed E-state index contributed by atoms with van der Waals surface area (Å²) in [5.41, 5.74) is 4.25. The molecule has 0 radical (unpaired) electrons. The summed E-state index contributed by atoms with van der Waals surface area (Å²) in [5.74, 6) is 2.02. The predicted octanol–water partition coefficient (Wildman–Crippen LogP) is 6.52. The van der Waals surface area contributed by atoms with Gasteiger partial charge in [0.1, 0.15) is 12.9 Å². The average molecular weight is 704 g/mol. The summed E-state index contributed by atoms with van der Waals surface area (Å²) < 4.78 is 29.7. The number of nitrogens with zero attached hydrogens (tertiary/aromatic N) is 2. The highest BCUT2D eigenvalue weighted by atomic mass is 32.2. The van der Waals surface area contributed by atoms with Crippen LogP contribution in [0.15, 0.2) is 23.5 Å². The van der Waals surface area contributed by atoms with Crippen molar-refractivity contribution < 1.29 is 27.1 Å². The number of rotatable bonds is 10. The Balaban J connectivity index is 0.000000671. The van der Waals surface area contributed by atoms with Crippen molar-refractivity contribution in [1.29, 1.82) is 0 Å². The van der Waals surface area contributed by atoms with Crippen molar-refractivity contribution >= 4 is 38.2 Å². The lowest BCUT2D eigenvalue weighted by Gasteiger charge is -2.50. The van der Waals surface area contributed by atoms with Gasteiger partial charge in [0.2, 0.25) is 5.91 Å². The Morgan fingerprint density at radius 3 is 2.40 bits per heavy atom. The molecule has 3 aliphatic carbocycles. The highest BCUT2D eigenvalue weighted by Gasteiger charge is 2.57. The third-order valence-electron chi connectivity index (χ3n) is 11.1. The number of hydrogen-bond acceptors (Lipinski definition) is 8. The predicted molar refractivity (Wildman–Crippen MR) is 196 cm³/mol. The lowest BCUT2D eigenvalue weighted by Crippen LogP contribution is -3.11. The third-order valence-corrected chi connectivity index (χ3v) is 12.4. The number of anilines is 1. The minimum Gasteiger partial charge on any atom is -0.399 e. The normalized spacial score (nSPS) is 25.9. The zero-order chi connectivity index (χ0) is 35.4. The van der Waals surface area contributed by atoms with E-state index in [0.717, 1.165) is 60.9 Å². The number of carbonyl (C=O) groups is 1. The van der Waals surface area contributed by atoms with Crippen LogP contribution in [0.5, 0.6) is 5.75 Å². The maximum atomic E-state index is 12.9. The largest absolute Gasteiger partial charge is 0.399 e. The standard InChI is InChI=1S/C31H43N3O5S2.C6H15N/c1-18-17-32-29(40-18)33-27(35)11-9-20-15-26(34-38-6)31(5)13-12-21-22(28(20)31)10-8-19-14-25(39-41(7,36)37)24(16-23(19)21)30(2,3)4;1-4-7(5-2)6-3/h14,16-17,20-22,28H,8-13,15H2,1-7H3,(H,32,33,35);4-6H2,1-3H3/p+1/b34-26+;/t20-,21?,22?,28?,31-;/m1./s1. The minimum atomic E-state index is -3.64. The van der Waals surface area contributed by atoms with Crippen LogP contribution in [0.25, 0.3) is 0 Å².